The van der Waals surface area contributed by atoms with Gasteiger partial charge in [0.15, 0.2) is 0 Å². The summed E-state index contributed by atoms with van der Waals surface area (Å²) in [5, 5.41) is 5.62. The number of rotatable bonds is 6. The predicted molar refractivity (Wildman–Crippen MR) is 98.6 cm³/mol. The fourth-order valence-corrected chi connectivity index (χ4v) is 2.92. The first kappa shape index (κ1) is 17.0. The molecule has 25 heavy (non-hydrogen) atoms. The average molecular weight is 334 g/mol. The summed E-state index contributed by atoms with van der Waals surface area (Å²) < 4.78 is 0. The lowest BCUT2D eigenvalue weighted by atomic mass is 9.96. The van der Waals surface area contributed by atoms with Crippen LogP contribution in [0.15, 0.2) is 66.4 Å². The number of hydrogen-bond acceptors (Lipinski definition) is 2. The second-order valence-electron chi connectivity index (χ2n) is 6.48. The van der Waals surface area contributed by atoms with Crippen LogP contribution in [0.4, 0.5) is 0 Å². The highest BCUT2D eigenvalue weighted by Crippen LogP contribution is 2.47. The third-order valence-corrected chi connectivity index (χ3v) is 4.49. The Kier molecular flexibility index (Phi) is 4.98. The molecule has 1 aliphatic rings. The number of nitrogens with one attached hydrogen (secondary N) is 2. The summed E-state index contributed by atoms with van der Waals surface area (Å²) in [5.41, 5.74) is 2.42. The van der Waals surface area contributed by atoms with E-state index in [0.717, 1.165) is 18.4 Å². The van der Waals surface area contributed by atoms with Gasteiger partial charge in [-0.05, 0) is 30.0 Å². The summed E-state index contributed by atoms with van der Waals surface area (Å²) in [7, 11) is 0. The van der Waals surface area contributed by atoms with E-state index in [1.807, 2.05) is 48.5 Å². The van der Waals surface area contributed by atoms with Gasteiger partial charge in [-0.2, -0.15) is 0 Å². The number of hydrogen-bond donors (Lipinski definition) is 2. The second-order valence-corrected chi connectivity index (χ2v) is 6.48. The van der Waals surface area contributed by atoms with Crippen molar-refractivity contribution in [3.8, 4) is 0 Å². The summed E-state index contributed by atoms with van der Waals surface area (Å²) in [6.07, 6.45) is 3.82. The van der Waals surface area contributed by atoms with Gasteiger partial charge in [0.05, 0.1) is 0 Å². The Labute approximate surface area is 148 Å². The smallest absolute Gasteiger partial charge is 0.267 e. The topological polar surface area (TPSA) is 58.2 Å². The number of carbonyl (C=O) groups is 2. The lowest BCUT2D eigenvalue weighted by molar-refractivity contribution is -0.122. The highest BCUT2D eigenvalue weighted by Gasteiger charge is 2.44. The van der Waals surface area contributed by atoms with E-state index in [1.165, 1.54) is 12.5 Å². The second kappa shape index (κ2) is 7.34. The van der Waals surface area contributed by atoms with Crippen molar-refractivity contribution < 1.29 is 9.59 Å². The van der Waals surface area contributed by atoms with Crippen LogP contribution < -0.4 is 10.6 Å². The third-order valence-electron chi connectivity index (χ3n) is 4.49. The van der Waals surface area contributed by atoms with Crippen molar-refractivity contribution in [3.63, 3.8) is 0 Å². The van der Waals surface area contributed by atoms with E-state index in [1.54, 1.807) is 6.08 Å². The molecule has 2 N–H and O–H groups in total. The number of carbonyl (C=O) groups excluding carboxylic acids is 2. The standard InChI is InChI=1S/C21H22N2O2/c1-16(24)23-19(14-17-8-4-2-5-9-17)20(25)22-15-21(12-13-21)18-10-6-3-7-11-18/h2-11,14H,12-13,15H2,1H3,(H,22,25)(H,23,24)/b19-14-. The van der Waals surface area contributed by atoms with E-state index in [9.17, 15) is 9.59 Å². The maximum atomic E-state index is 12.6. The quantitative estimate of drug-likeness (QED) is 0.798. The molecule has 4 heteroatoms. The van der Waals surface area contributed by atoms with Crippen LogP contribution in [0.5, 0.6) is 0 Å². The molecule has 0 atom stereocenters. The maximum Gasteiger partial charge on any atom is 0.267 e. The molecule has 0 radical (unpaired) electrons. The lowest BCUT2D eigenvalue weighted by Gasteiger charge is -2.17. The molecule has 1 fully saturated rings. The van der Waals surface area contributed by atoms with E-state index in [0.29, 0.717) is 6.54 Å². The molecule has 4 nitrogen and oxygen atoms in total. The molecule has 0 saturated heterocycles. The van der Waals surface area contributed by atoms with Gasteiger partial charge in [-0.1, -0.05) is 60.7 Å². The summed E-state index contributed by atoms with van der Waals surface area (Å²) in [4.78, 5) is 24.0. The van der Waals surface area contributed by atoms with Crippen molar-refractivity contribution in [2.45, 2.75) is 25.2 Å². The van der Waals surface area contributed by atoms with Crippen molar-refractivity contribution in [1.82, 2.24) is 10.6 Å². The van der Waals surface area contributed by atoms with Gasteiger partial charge >= 0.3 is 0 Å². The molecule has 3 rings (SSSR count). The minimum Gasteiger partial charge on any atom is -0.350 e. The normalized spacial score (nSPS) is 15.3. The van der Waals surface area contributed by atoms with Crippen LogP contribution in [-0.2, 0) is 15.0 Å². The molecule has 1 aliphatic carbocycles. The predicted octanol–water partition coefficient (Wildman–Crippen LogP) is 3.01. The molecule has 0 bridgehead atoms. The number of benzene rings is 2. The largest absolute Gasteiger partial charge is 0.350 e. The Morgan fingerprint density at radius 3 is 2.16 bits per heavy atom. The fraction of sp³-hybridized carbons (Fsp3) is 0.238. The van der Waals surface area contributed by atoms with Crippen molar-refractivity contribution >= 4 is 17.9 Å². The number of amides is 2. The maximum absolute atomic E-state index is 12.6. The molecule has 0 heterocycles. The van der Waals surface area contributed by atoms with Crippen LogP contribution >= 0.6 is 0 Å². The van der Waals surface area contributed by atoms with E-state index >= 15 is 0 Å². The van der Waals surface area contributed by atoms with Crippen LogP contribution in [-0.4, -0.2) is 18.4 Å². The molecule has 1 saturated carbocycles. The van der Waals surface area contributed by atoms with Crippen molar-refractivity contribution in [2.24, 2.45) is 0 Å². The Bertz CT molecular complexity index is 778. The minimum absolute atomic E-state index is 0.0327. The minimum atomic E-state index is -0.263. The van der Waals surface area contributed by atoms with Crippen LogP contribution in [0.1, 0.15) is 30.9 Å². The Morgan fingerprint density at radius 1 is 1.00 bits per heavy atom. The zero-order chi connectivity index (χ0) is 17.7. The van der Waals surface area contributed by atoms with Crippen LogP contribution in [0.2, 0.25) is 0 Å². The first-order valence-electron chi connectivity index (χ1n) is 8.47. The molecule has 2 amide bonds. The van der Waals surface area contributed by atoms with E-state index in [4.69, 9.17) is 0 Å². The van der Waals surface area contributed by atoms with Crippen LogP contribution in [0.3, 0.4) is 0 Å². The molecule has 2 aromatic rings. The van der Waals surface area contributed by atoms with Crippen LogP contribution in [0.25, 0.3) is 6.08 Å². The van der Waals surface area contributed by atoms with E-state index in [2.05, 4.69) is 22.8 Å². The fourth-order valence-electron chi connectivity index (χ4n) is 2.92. The summed E-state index contributed by atoms with van der Waals surface area (Å²) in [6.45, 7) is 1.97. The van der Waals surface area contributed by atoms with Gasteiger partial charge in [-0.25, -0.2) is 0 Å². The van der Waals surface area contributed by atoms with Crippen molar-refractivity contribution in [2.75, 3.05) is 6.54 Å². The summed E-state index contributed by atoms with van der Waals surface area (Å²) in [5.74, 6) is -0.525. The van der Waals surface area contributed by atoms with Gasteiger partial charge in [0.1, 0.15) is 5.70 Å². The summed E-state index contributed by atoms with van der Waals surface area (Å²) in [6, 6.07) is 19.7. The molecule has 0 aromatic heterocycles. The zero-order valence-corrected chi connectivity index (χ0v) is 14.3. The first-order chi connectivity index (χ1) is 12.1. The molecule has 0 spiro atoms. The Balaban J connectivity index is 1.71. The SMILES string of the molecule is CC(=O)N/C(=C\c1ccccc1)C(=O)NCC1(c2ccccc2)CC1. The molecular weight excluding hydrogens is 312 g/mol. The van der Waals surface area contributed by atoms with Gasteiger partial charge in [-0.3, -0.25) is 9.59 Å². The molecular formula is C21H22N2O2. The molecule has 0 aliphatic heterocycles. The third kappa shape index (κ3) is 4.35. The van der Waals surface area contributed by atoms with E-state index in [-0.39, 0.29) is 22.9 Å². The summed E-state index contributed by atoms with van der Waals surface area (Å²) >= 11 is 0. The highest BCUT2D eigenvalue weighted by molar-refractivity contribution is 6.00. The highest BCUT2D eigenvalue weighted by atomic mass is 16.2. The van der Waals surface area contributed by atoms with Crippen LogP contribution in [0, 0.1) is 0 Å². The van der Waals surface area contributed by atoms with Gasteiger partial charge in [0, 0.05) is 18.9 Å². The average Bonchev–Trinajstić information content (AvgIpc) is 3.42. The lowest BCUT2D eigenvalue weighted by Crippen LogP contribution is -2.37. The Hall–Kier alpha value is -2.88. The monoisotopic (exact) mass is 334 g/mol. The van der Waals surface area contributed by atoms with Crippen molar-refractivity contribution in [1.29, 1.82) is 0 Å². The Morgan fingerprint density at radius 2 is 1.60 bits per heavy atom. The van der Waals surface area contributed by atoms with Gasteiger partial charge in [0.2, 0.25) is 5.91 Å². The van der Waals surface area contributed by atoms with Gasteiger partial charge in [0.25, 0.3) is 5.91 Å². The molecule has 2 aromatic carbocycles. The van der Waals surface area contributed by atoms with Crippen molar-refractivity contribution in [3.05, 3.63) is 77.5 Å². The van der Waals surface area contributed by atoms with E-state index < -0.39 is 0 Å². The first-order valence-corrected chi connectivity index (χ1v) is 8.47. The molecule has 128 valence electrons. The van der Waals surface area contributed by atoms with Gasteiger partial charge < -0.3 is 10.6 Å². The zero-order valence-electron chi connectivity index (χ0n) is 14.3. The molecule has 0 unspecified atom stereocenters. The van der Waals surface area contributed by atoms with Gasteiger partial charge in [-0.15, -0.1) is 0 Å².